The van der Waals surface area contributed by atoms with Gasteiger partial charge in [-0.15, -0.1) is 0 Å². The summed E-state index contributed by atoms with van der Waals surface area (Å²) in [6.45, 7) is 0. The molecule has 0 aliphatic heterocycles. The summed E-state index contributed by atoms with van der Waals surface area (Å²) >= 11 is 0. The van der Waals surface area contributed by atoms with Crippen molar-refractivity contribution in [3.05, 3.63) is 28.9 Å². The molecule has 1 rings (SSSR count). The highest BCUT2D eigenvalue weighted by Crippen LogP contribution is 1.55. The molecule has 0 amide bonds. The van der Waals surface area contributed by atoms with Crippen molar-refractivity contribution in [3.63, 3.8) is 0 Å². The Balaban J connectivity index is 3.28. The molecular formula is C5H7N2O+. The molecule has 0 aromatic carbocycles. The third-order valence-corrected chi connectivity index (χ3v) is 0.856. The Labute approximate surface area is 46.6 Å². The van der Waals surface area contributed by atoms with E-state index in [0.717, 1.165) is 0 Å². The Morgan fingerprint density at radius 3 is 2.88 bits per heavy atom. The summed E-state index contributed by atoms with van der Waals surface area (Å²) < 4.78 is 1.69. The van der Waals surface area contributed by atoms with E-state index in [1.165, 1.54) is 6.20 Å². The van der Waals surface area contributed by atoms with Crippen LogP contribution in [0, 0.1) is 0 Å². The number of hydrogen-bond acceptors (Lipinski definition) is 1. The highest BCUT2D eigenvalue weighted by Gasteiger charge is 1.87. The van der Waals surface area contributed by atoms with Crippen LogP contribution < -0.4 is 10.1 Å². The van der Waals surface area contributed by atoms with Crippen LogP contribution in [0.5, 0.6) is 0 Å². The molecule has 0 unspecified atom stereocenters. The molecule has 0 saturated carbocycles. The largest absolute Gasteiger partial charge is 0.318 e. The van der Waals surface area contributed by atoms with Crippen LogP contribution in [0.2, 0.25) is 0 Å². The van der Waals surface area contributed by atoms with Gasteiger partial charge in [0, 0.05) is 0 Å². The van der Waals surface area contributed by atoms with Gasteiger partial charge in [-0.05, 0) is 0 Å². The van der Waals surface area contributed by atoms with Gasteiger partial charge in [-0.1, -0.05) is 0 Å². The molecule has 0 saturated heterocycles. The average Bonchev–Trinajstić information content (AvgIpc) is 1.64. The number of H-pyrrole nitrogens is 1. The summed E-state index contributed by atoms with van der Waals surface area (Å²) in [4.78, 5) is 12.9. The highest BCUT2D eigenvalue weighted by molar-refractivity contribution is 4.65. The number of rotatable bonds is 0. The van der Waals surface area contributed by atoms with Gasteiger partial charge >= 0.3 is 5.56 Å². The number of hydrogen-bond donors (Lipinski definition) is 1. The van der Waals surface area contributed by atoms with Crippen LogP contribution in [0.25, 0.3) is 0 Å². The van der Waals surface area contributed by atoms with Gasteiger partial charge in [0.1, 0.15) is 7.05 Å². The van der Waals surface area contributed by atoms with Gasteiger partial charge < -0.3 is 4.98 Å². The minimum atomic E-state index is -0.0741. The van der Waals surface area contributed by atoms with Crippen molar-refractivity contribution < 1.29 is 4.57 Å². The maximum Gasteiger partial charge on any atom is 0.312 e. The normalized spacial score (nSPS) is 9.12. The fourth-order valence-corrected chi connectivity index (χ4v) is 0.502. The molecule has 3 heteroatoms. The maximum atomic E-state index is 10.4. The Bertz CT molecular complexity index is 228. The van der Waals surface area contributed by atoms with Gasteiger partial charge in [0.15, 0.2) is 6.20 Å². The summed E-state index contributed by atoms with van der Waals surface area (Å²) in [6.07, 6.45) is 4.84. The lowest BCUT2D eigenvalue weighted by molar-refractivity contribution is -0.672. The number of nitrogens with zero attached hydrogens (tertiary/aromatic N) is 1. The van der Waals surface area contributed by atoms with Gasteiger partial charge in [0.05, 0.1) is 6.20 Å². The molecule has 1 aromatic rings. The predicted molar refractivity (Wildman–Crippen MR) is 28.2 cm³/mol. The molecular weight excluding hydrogens is 104 g/mol. The Morgan fingerprint density at radius 2 is 2.50 bits per heavy atom. The van der Waals surface area contributed by atoms with E-state index in [9.17, 15) is 4.79 Å². The topological polar surface area (TPSA) is 36.7 Å². The van der Waals surface area contributed by atoms with Gasteiger partial charge in [0.2, 0.25) is 6.20 Å². The number of aromatic amines is 1. The molecule has 0 atom stereocenters. The molecule has 3 nitrogen and oxygen atoms in total. The summed E-state index contributed by atoms with van der Waals surface area (Å²) in [6, 6.07) is 0. The molecule has 0 fully saturated rings. The second kappa shape index (κ2) is 1.78. The van der Waals surface area contributed by atoms with Crippen molar-refractivity contribution in [3.8, 4) is 0 Å². The third kappa shape index (κ3) is 0.932. The van der Waals surface area contributed by atoms with E-state index in [1.54, 1.807) is 24.0 Å². The van der Waals surface area contributed by atoms with Crippen molar-refractivity contribution in [2.24, 2.45) is 7.05 Å². The van der Waals surface area contributed by atoms with E-state index in [4.69, 9.17) is 0 Å². The van der Waals surface area contributed by atoms with Gasteiger partial charge in [-0.25, -0.2) is 4.57 Å². The third-order valence-electron chi connectivity index (χ3n) is 0.856. The minimum absolute atomic E-state index is 0.0741. The zero-order valence-electron chi connectivity index (χ0n) is 4.59. The van der Waals surface area contributed by atoms with Crippen LogP contribution in [0.15, 0.2) is 23.4 Å². The fraction of sp³-hybridized carbons (Fsp3) is 0.200. The lowest BCUT2D eigenvalue weighted by Gasteiger charge is -1.78. The van der Waals surface area contributed by atoms with Crippen LogP contribution in [-0.4, -0.2) is 4.98 Å². The predicted octanol–water partition coefficient (Wildman–Crippen LogP) is -0.801. The molecule has 1 N–H and O–H groups in total. The quantitative estimate of drug-likeness (QED) is 0.437. The summed E-state index contributed by atoms with van der Waals surface area (Å²) in [5, 5.41) is 0. The van der Waals surface area contributed by atoms with Crippen molar-refractivity contribution in [1.82, 2.24) is 4.98 Å². The van der Waals surface area contributed by atoms with Crippen LogP contribution in [0.4, 0.5) is 0 Å². The van der Waals surface area contributed by atoms with Crippen LogP contribution in [0.3, 0.4) is 0 Å². The average molecular weight is 111 g/mol. The van der Waals surface area contributed by atoms with E-state index in [0.29, 0.717) is 0 Å². The van der Waals surface area contributed by atoms with E-state index >= 15 is 0 Å². The molecule has 1 aromatic heterocycles. The van der Waals surface area contributed by atoms with Gasteiger partial charge in [0.25, 0.3) is 0 Å². The van der Waals surface area contributed by atoms with Crippen molar-refractivity contribution in [2.75, 3.05) is 0 Å². The van der Waals surface area contributed by atoms with Crippen molar-refractivity contribution in [2.45, 2.75) is 0 Å². The first-order chi connectivity index (χ1) is 3.79. The molecule has 0 spiro atoms. The first-order valence-corrected chi connectivity index (χ1v) is 2.33. The van der Waals surface area contributed by atoms with E-state index in [2.05, 4.69) is 4.98 Å². The Morgan fingerprint density at radius 1 is 1.75 bits per heavy atom. The van der Waals surface area contributed by atoms with Crippen LogP contribution >= 0.6 is 0 Å². The number of nitrogens with one attached hydrogen (secondary N) is 1. The molecule has 0 aliphatic carbocycles. The van der Waals surface area contributed by atoms with Gasteiger partial charge in [-0.2, -0.15) is 0 Å². The van der Waals surface area contributed by atoms with E-state index in [1.807, 2.05) is 0 Å². The van der Waals surface area contributed by atoms with Crippen LogP contribution in [-0.2, 0) is 7.05 Å². The monoisotopic (exact) mass is 111 g/mol. The summed E-state index contributed by atoms with van der Waals surface area (Å²) in [5.41, 5.74) is -0.0741. The minimum Gasteiger partial charge on any atom is -0.318 e. The smallest absolute Gasteiger partial charge is 0.312 e. The molecule has 8 heavy (non-hydrogen) atoms. The molecule has 42 valence electrons. The van der Waals surface area contributed by atoms with E-state index < -0.39 is 0 Å². The standard InChI is InChI=1S/C5H6N2O/c1-7-3-2-6-5(8)4-7/h2-4H,1H3/p+1. The molecule has 1 heterocycles. The summed E-state index contributed by atoms with van der Waals surface area (Å²) in [7, 11) is 1.80. The zero-order chi connectivity index (χ0) is 5.98. The van der Waals surface area contributed by atoms with Crippen LogP contribution in [0.1, 0.15) is 0 Å². The SMILES string of the molecule is C[n+]1cc[nH]c(=O)c1. The highest BCUT2D eigenvalue weighted by atomic mass is 16.1. The molecule has 0 aliphatic rings. The second-order valence-corrected chi connectivity index (χ2v) is 1.62. The fourth-order valence-electron chi connectivity index (χ4n) is 0.502. The Kier molecular flexibility index (Phi) is 1.12. The second-order valence-electron chi connectivity index (χ2n) is 1.62. The first-order valence-electron chi connectivity index (χ1n) is 2.33. The molecule has 0 radical (unpaired) electrons. The Hall–Kier alpha value is -1.12. The number of aryl methyl sites for hydroxylation is 1. The van der Waals surface area contributed by atoms with Crippen molar-refractivity contribution >= 4 is 0 Å². The number of aromatic nitrogens is 2. The lowest BCUT2D eigenvalue weighted by atomic mass is 10.7. The van der Waals surface area contributed by atoms with Gasteiger partial charge in [-0.3, -0.25) is 4.79 Å². The zero-order valence-corrected chi connectivity index (χ0v) is 4.59. The molecule has 0 bridgehead atoms. The maximum absolute atomic E-state index is 10.4. The van der Waals surface area contributed by atoms with Crippen molar-refractivity contribution in [1.29, 1.82) is 0 Å². The first kappa shape index (κ1) is 5.03. The van der Waals surface area contributed by atoms with E-state index in [-0.39, 0.29) is 5.56 Å². The summed E-state index contributed by atoms with van der Waals surface area (Å²) in [5.74, 6) is 0. The lowest BCUT2D eigenvalue weighted by Crippen LogP contribution is -2.32.